The van der Waals surface area contributed by atoms with E-state index in [4.69, 9.17) is 0 Å². The Bertz CT molecular complexity index is 1450. The van der Waals surface area contributed by atoms with Crippen LogP contribution in [0.1, 0.15) is 29.3 Å². The van der Waals surface area contributed by atoms with Crippen molar-refractivity contribution in [3.05, 3.63) is 97.1 Å². The number of halogens is 3. The average Bonchev–Trinajstić information content (AvgIpc) is 3.29. The number of imide groups is 1. The lowest BCUT2D eigenvalue weighted by Gasteiger charge is -2.13. The lowest BCUT2D eigenvalue weighted by molar-refractivity contribution is -0.384. The summed E-state index contributed by atoms with van der Waals surface area (Å²) in [4.78, 5) is 49.4. The first-order valence-corrected chi connectivity index (χ1v) is 10.6. The van der Waals surface area contributed by atoms with Crippen molar-refractivity contribution in [1.82, 2.24) is 20.0 Å². The number of aryl methyl sites for hydroxylation is 1. The third-order valence-electron chi connectivity index (χ3n) is 5.52. The molecule has 3 amide bonds. The highest BCUT2D eigenvalue weighted by atomic mass is 19.4. The van der Waals surface area contributed by atoms with Crippen molar-refractivity contribution in [2.24, 2.45) is 0 Å². The second-order valence-corrected chi connectivity index (χ2v) is 7.85. The molecule has 1 saturated heterocycles. The van der Waals surface area contributed by atoms with Crippen molar-refractivity contribution in [2.75, 3.05) is 0 Å². The Kier molecular flexibility index (Phi) is 6.23. The second kappa shape index (κ2) is 9.17. The molecule has 3 aromatic rings. The van der Waals surface area contributed by atoms with E-state index in [9.17, 15) is 37.7 Å². The molecule has 0 spiro atoms. The van der Waals surface area contributed by atoms with E-state index >= 15 is 0 Å². The van der Waals surface area contributed by atoms with Gasteiger partial charge in [0.15, 0.2) is 0 Å². The van der Waals surface area contributed by atoms with Gasteiger partial charge in [-0.1, -0.05) is 19.1 Å². The molecular weight excluding hydrogens is 483 g/mol. The molecule has 2 heterocycles. The molecule has 13 heteroatoms. The van der Waals surface area contributed by atoms with Crippen LogP contribution in [-0.4, -0.2) is 31.5 Å². The number of hydrogen-bond donors (Lipinski definition) is 2. The quantitative estimate of drug-likeness (QED) is 0.230. The van der Waals surface area contributed by atoms with Gasteiger partial charge in [-0.25, -0.2) is 9.48 Å². The number of nitrogens with zero attached hydrogens (tertiary/aromatic N) is 3. The molecule has 1 aliphatic heterocycles. The molecule has 2 N–H and O–H groups in total. The first-order valence-electron chi connectivity index (χ1n) is 10.6. The number of urea groups is 1. The van der Waals surface area contributed by atoms with Crippen molar-refractivity contribution in [1.29, 1.82) is 0 Å². The minimum absolute atomic E-state index is 0.0837. The number of aromatic nitrogens is 2. The number of alkyl halides is 3. The summed E-state index contributed by atoms with van der Waals surface area (Å²) in [6, 6.07) is 8.67. The molecule has 186 valence electrons. The topological polar surface area (TPSA) is 130 Å². The minimum Gasteiger partial charge on any atom is -0.303 e. The Morgan fingerprint density at radius 2 is 1.78 bits per heavy atom. The highest BCUT2D eigenvalue weighted by Gasteiger charge is 2.35. The van der Waals surface area contributed by atoms with Gasteiger partial charge >= 0.3 is 12.2 Å². The van der Waals surface area contributed by atoms with Gasteiger partial charge in [-0.15, -0.1) is 0 Å². The number of benzene rings is 2. The zero-order chi connectivity index (χ0) is 26.2. The molecule has 1 fully saturated rings. The molecule has 1 aliphatic rings. The highest BCUT2D eigenvalue weighted by Crippen LogP contribution is 2.30. The number of hydrogen-bond acceptors (Lipinski definition) is 5. The number of H-pyrrole nitrogens is 1. The van der Waals surface area contributed by atoms with Crippen molar-refractivity contribution >= 4 is 23.7 Å². The Hall–Kier alpha value is -4.68. The van der Waals surface area contributed by atoms with E-state index in [-0.39, 0.29) is 22.5 Å². The summed E-state index contributed by atoms with van der Waals surface area (Å²) in [5, 5.41) is 16.1. The van der Waals surface area contributed by atoms with Crippen LogP contribution >= 0.6 is 0 Å². The maximum atomic E-state index is 13.1. The monoisotopic (exact) mass is 501 g/mol. The molecule has 0 unspecified atom stereocenters. The summed E-state index contributed by atoms with van der Waals surface area (Å²) in [7, 11) is 0. The average molecular weight is 501 g/mol. The summed E-state index contributed by atoms with van der Waals surface area (Å²) < 4.78 is 40.1. The molecule has 0 aliphatic carbocycles. The molecule has 1 aromatic heterocycles. The molecule has 36 heavy (non-hydrogen) atoms. The Labute approximate surface area is 200 Å². The van der Waals surface area contributed by atoms with Crippen LogP contribution in [0.2, 0.25) is 0 Å². The van der Waals surface area contributed by atoms with Gasteiger partial charge in [0.1, 0.15) is 5.70 Å². The maximum Gasteiger partial charge on any atom is 0.416 e. The number of amides is 3. The van der Waals surface area contributed by atoms with E-state index in [2.05, 4.69) is 10.4 Å². The number of non-ortho nitro benzene ring substituents is 1. The molecule has 0 bridgehead atoms. The van der Waals surface area contributed by atoms with Gasteiger partial charge in [0, 0.05) is 17.8 Å². The van der Waals surface area contributed by atoms with E-state index in [1.54, 1.807) is 6.92 Å². The van der Waals surface area contributed by atoms with E-state index in [1.165, 1.54) is 42.5 Å². The fourth-order valence-electron chi connectivity index (χ4n) is 3.71. The third kappa shape index (κ3) is 4.62. The fourth-order valence-corrected chi connectivity index (χ4v) is 3.71. The standard InChI is InChI=1S/C23H18F3N5O5/c1-2-18-17(20(32)30(28-18)15-6-8-16(9-7-15)31(35)36)11-19-21(33)29(22(34)27-19)12-13-4-3-5-14(10-13)23(24,25)26/h3-11,28H,2,12H2,1H3,(H,27,34)/b19-11-. The van der Waals surface area contributed by atoms with Crippen LogP contribution in [0.5, 0.6) is 0 Å². The fraction of sp³-hybridized carbons (Fsp3) is 0.174. The number of rotatable bonds is 6. The van der Waals surface area contributed by atoms with Gasteiger partial charge in [-0.05, 0) is 42.3 Å². The van der Waals surface area contributed by atoms with Gasteiger partial charge in [0.2, 0.25) is 0 Å². The van der Waals surface area contributed by atoms with Crippen LogP contribution in [0.3, 0.4) is 0 Å². The van der Waals surface area contributed by atoms with Crippen LogP contribution in [0.25, 0.3) is 11.8 Å². The molecule has 0 saturated carbocycles. The van der Waals surface area contributed by atoms with E-state index < -0.39 is 40.7 Å². The van der Waals surface area contributed by atoms with Crippen molar-refractivity contribution in [3.8, 4) is 5.69 Å². The predicted octanol–water partition coefficient (Wildman–Crippen LogP) is 3.75. The van der Waals surface area contributed by atoms with Crippen molar-refractivity contribution in [2.45, 2.75) is 26.1 Å². The van der Waals surface area contributed by atoms with Crippen LogP contribution in [0.15, 0.2) is 59.0 Å². The minimum atomic E-state index is -4.58. The van der Waals surface area contributed by atoms with Crippen LogP contribution in [-0.2, 0) is 23.9 Å². The maximum absolute atomic E-state index is 13.1. The normalized spacial score (nSPS) is 15.0. The SMILES string of the molecule is CCc1[nH]n(-c2ccc([N+](=O)[O-])cc2)c(=O)c1/C=C1\NC(=O)N(Cc2cccc(C(F)(F)F)c2)C1=O. The molecule has 4 rings (SSSR count). The Morgan fingerprint density at radius 1 is 1.08 bits per heavy atom. The van der Waals surface area contributed by atoms with Crippen molar-refractivity contribution < 1.29 is 27.7 Å². The van der Waals surface area contributed by atoms with E-state index in [1.807, 2.05) is 0 Å². The van der Waals surface area contributed by atoms with Crippen LogP contribution in [0.4, 0.5) is 23.7 Å². The number of nitro benzene ring substituents is 1. The Morgan fingerprint density at radius 3 is 2.39 bits per heavy atom. The van der Waals surface area contributed by atoms with Crippen molar-refractivity contribution in [3.63, 3.8) is 0 Å². The zero-order valence-corrected chi connectivity index (χ0v) is 18.6. The highest BCUT2D eigenvalue weighted by molar-refractivity contribution is 6.13. The van der Waals surface area contributed by atoms with E-state index in [0.717, 1.165) is 21.7 Å². The summed E-state index contributed by atoms with van der Waals surface area (Å²) in [6.07, 6.45) is -3.02. The summed E-state index contributed by atoms with van der Waals surface area (Å²) in [6.45, 7) is 1.36. The number of aromatic amines is 1. The smallest absolute Gasteiger partial charge is 0.303 e. The molecular formula is C23H18F3N5O5. The summed E-state index contributed by atoms with van der Waals surface area (Å²) in [5.41, 5.74) is -0.903. The second-order valence-electron chi connectivity index (χ2n) is 7.85. The van der Waals surface area contributed by atoms with Crippen LogP contribution < -0.4 is 10.9 Å². The molecule has 0 radical (unpaired) electrons. The lowest BCUT2D eigenvalue weighted by Crippen LogP contribution is -2.30. The zero-order valence-electron chi connectivity index (χ0n) is 18.6. The molecule has 0 atom stereocenters. The first-order chi connectivity index (χ1) is 17.0. The predicted molar refractivity (Wildman–Crippen MR) is 121 cm³/mol. The number of carbonyl (C=O) groups is 2. The Balaban J connectivity index is 1.63. The molecule has 10 nitrogen and oxygen atoms in total. The van der Waals surface area contributed by atoms with Gasteiger partial charge in [0.05, 0.1) is 28.3 Å². The molecule has 2 aromatic carbocycles. The third-order valence-corrected chi connectivity index (χ3v) is 5.52. The lowest BCUT2D eigenvalue weighted by atomic mass is 10.1. The number of carbonyl (C=O) groups excluding carboxylic acids is 2. The van der Waals surface area contributed by atoms with Gasteiger partial charge in [-0.3, -0.25) is 29.7 Å². The summed E-state index contributed by atoms with van der Waals surface area (Å²) >= 11 is 0. The number of nitro groups is 1. The number of nitrogens with one attached hydrogen (secondary N) is 2. The summed E-state index contributed by atoms with van der Waals surface area (Å²) in [5.74, 6) is -0.804. The van der Waals surface area contributed by atoms with Gasteiger partial charge < -0.3 is 5.32 Å². The van der Waals surface area contributed by atoms with Gasteiger partial charge in [0.25, 0.3) is 17.2 Å². The van der Waals surface area contributed by atoms with Crippen LogP contribution in [0, 0.1) is 10.1 Å². The largest absolute Gasteiger partial charge is 0.416 e. The van der Waals surface area contributed by atoms with Gasteiger partial charge in [-0.2, -0.15) is 13.2 Å². The van der Waals surface area contributed by atoms with E-state index in [0.29, 0.717) is 17.8 Å². The first kappa shape index (κ1) is 24.4.